The summed E-state index contributed by atoms with van der Waals surface area (Å²) in [6.45, 7) is 1.96. The van der Waals surface area contributed by atoms with Gasteiger partial charge in [0.2, 0.25) is 5.56 Å². The van der Waals surface area contributed by atoms with Crippen molar-refractivity contribution >= 4 is 39.6 Å². The molecule has 0 aliphatic carbocycles. The standard InChI is InChI=1S/C18H14F3N3OS/c1-10-2-4-11(5-3-10)22-17(26)23-12-6-7-15-13(8-12)14(18(19,20)21)9-16(25)24-15/h2-9H,1H3,(H,24,25)(H2,22,23,26). The monoisotopic (exact) mass is 377 g/mol. The van der Waals surface area contributed by atoms with E-state index in [9.17, 15) is 18.0 Å². The molecule has 0 aliphatic rings. The molecule has 134 valence electrons. The van der Waals surface area contributed by atoms with Gasteiger partial charge < -0.3 is 15.6 Å². The van der Waals surface area contributed by atoms with Crippen LogP contribution in [0, 0.1) is 6.92 Å². The second-order valence-corrected chi connectivity index (χ2v) is 6.16. The van der Waals surface area contributed by atoms with Gasteiger partial charge in [-0.1, -0.05) is 17.7 Å². The normalized spacial score (nSPS) is 11.4. The smallest absolute Gasteiger partial charge is 0.332 e. The van der Waals surface area contributed by atoms with Crippen LogP contribution in [0.3, 0.4) is 0 Å². The van der Waals surface area contributed by atoms with E-state index >= 15 is 0 Å². The Bertz CT molecular complexity index is 1030. The summed E-state index contributed by atoms with van der Waals surface area (Å²) in [5.41, 5.74) is 0.540. The summed E-state index contributed by atoms with van der Waals surface area (Å²) < 4.78 is 39.6. The Morgan fingerprint density at radius 1 is 1.00 bits per heavy atom. The first-order valence-electron chi connectivity index (χ1n) is 7.61. The first-order chi connectivity index (χ1) is 12.2. The molecule has 0 bridgehead atoms. The van der Waals surface area contributed by atoms with E-state index in [1.807, 2.05) is 31.2 Å². The van der Waals surface area contributed by atoms with E-state index in [4.69, 9.17) is 12.2 Å². The van der Waals surface area contributed by atoms with E-state index in [0.29, 0.717) is 11.8 Å². The minimum Gasteiger partial charge on any atom is -0.332 e. The van der Waals surface area contributed by atoms with Gasteiger partial charge in [0, 0.05) is 28.3 Å². The van der Waals surface area contributed by atoms with Gasteiger partial charge in [0.25, 0.3) is 0 Å². The Balaban J connectivity index is 1.89. The Kier molecular flexibility index (Phi) is 4.69. The highest BCUT2D eigenvalue weighted by atomic mass is 32.1. The number of anilines is 2. The summed E-state index contributed by atoms with van der Waals surface area (Å²) in [5.74, 6) is 0. The molecule has 0 amide bonds. The van der Waals surface area contributed by atoms with Crippen LogP contribution in [0.5, 0.6) is 0 Å². The number of rotatable bonds is 2. The third kappa shape index (κ3) is 4.02. The van der Waals surface area contributed by atoms with Crippen molar-refractivity contribution < 1.29 is 13.2 Å². The van der Waals surface area contributed by atoms with Crippen LogP contribution < -0.4 is 16.2 Å². The largest absolute Gasteiger partial charge is 0.417 e. The molecule has 2 aromatic carbocycles. The maximum Gasteiger partial charge on any atom is 0.417 e. The summed E-state index contributed by atoms with van der Waals surface area (Å²) in [5, 5.41) is 5.94. The minimum absolute atomic E-state index is 0.104. The molecule has 1 heterocycles. The number of alkyl halides is 3. The summed E-state index contributed by atoms with van der Waals surface area (Å²) in [7, 11) is 0. The van der Waals surface area contributed by atoms with Gasteiger partial charge in [0.1, 0.15) is 0 Å². The van der Waals surface area contributed by atoms with Crippen LogP contribution in [-0.2, 0) is 6.18 Å². The van der Waals surface area contributed by atoms with Gasteiger partial charge in [0.05, 0.1) is 5.56 Å². The Morgan fingerprint density at radius 2 is 1.62 bits per heavy atom. The van der Waals surface area contributed by atoms with Gasteiger partial charge in [-0.3, -0.25) is 4.79 Å². The molecule has 26 heavy (non-hydrogen) atoms. The molecule has 0 saturated heterocycles. The predicted molar refractivity (Wildman–Crippen MR) is 101 cm³/mol. The number of aryl methyl sites for hydroxylation is 1. The summed E-state index contributed by atoms with van der Waals surface area (Å²) in [4.78, 5) is 13.8. The zero-order valence-electron chi connectivity index (χ0n) is 13.6. The topological polar surface area (TPSA) is 56.9 Å². The average molecular weight is 377 g/mol. The number of thiocarbonyl (C=S) groups is 1. The van der Waals surface area contributed by atoms with Gasteiger partial charge in [-0.15, -0.1) is 0 Å². The molecular formula is C18H14F3N3OS. The van der Waals surface area contributed by atoms with Gasteiger partial charge >= 0.3 is 6.18 Å². The van der Waals surface area contributed by atoms with E-state index < -0.39 is 17.3 Å². The zero-order valence-corrected chi connectivity index (χ0v) is 14.4. The third-order valence-electron chi connectivity index (χ3n) is 3.72. The molecule has 3 aromatic rings. The highest BCUT2D eigenvalue weighted by molar-refractivity contribution is 7.80. The quantitative estimate of drug-likeness (QED) is 0.569. The van der Waals surface area contributed by atoms with Gasteiger partial charge in [0.15, 0.2) is 5.11 Å². The van der Waals surface area contributed by atoms with E-state index in [1.165, 1.54) is 12.1 Å². The molecule has 4 nitrogen and oxygen atoms in total. The maximum absolute atomic E-state index is 13.2. The minimum atomic E-state index is -4.63. The second kappa shape index (κ2) is 6.80. The predicted octanol–water partition coefficient (Wildman–Crippen LogP) is 4.66. The number of hydrogen-bond acceptors (Lipinski definition) is 2. The van der Waals surface area contributed by atoms with Gasteiger partial charge in [-0.25, -0.2) is 0 Å². The van der Waals surface area contributed by atoms with Crippen molar-refractivity contribution in [2.24, 2.45) is 0 Å². The van der Waals surface area contributed by atoms with Crippen molar-refractivity contribution in [3.8, 4) is 0 Å². The summed E-state index contributed by atoms with van der Waals surface area (Å²) in [6.07, 6.45) is -4.63. The van der Waals surface area contributed by atoms with Crippen LogP contribution in [0.25, 0.3) is 10.9 Å². The molecule has 0 fully saturated rings. The molecule has 0 unspecified atom stereocenters. The molecule has 3 rings (SSSR count). The van der Waals surface area contributed by atoms with Crippen molar-refractivity contribution in [1.29, 1.82) is 0 Å². The van der Waals surface area contributed by atoms with Crippen LogP contribution in [0.4, 0.5) is 24.5 Å². The first-order valence-corrected chi connectivity index (χ1v) is 8.02. The number of halogens is 3. The maximum atomic E-state index is 13.2. The fraction of sp³-hybridized carbons (Fsp3) is 0.111. The fourth-order valence-electron chi connectivity index (χ4n) is 2.50. The Labute approximate surface area is 152 Å². The van der Waals surface area contributed by atoms with Crippen molar-refractivity contribution in [3.63, 3.8) is 0 Å². The fourth-order valence-corrected chi connectivity index (χ4v) is 2.73. The molecule has 0 atom stereocenters. The van der Waals surface area contributed by atoms with Crippen molar-refractivity contribution in [2.45, 2.75) is 13.1 Å². The number of H-pyrrole nitrogens is 1. The summed E-state index contributed by atoms with van der Waals surface area (Å²) in [6, 6.07) is 12.3. The second-order valence-electron chi connectivity index (χ2n) is 5.75. The summed E-state index contributed by atoms with van der Waals surface area (Å²) >= 11 is 5.20. The van der Waals surface area contributed by atoms with Crippen molar-refractivity contribution in [3.05, 3.63) is 70.0 Å². The number of aromatic amines is 1. The van der Waals surface area contributed by atoms with E-state index in [1.54, 1.807) is 6.07 Å². The lowest BCUT2D eigenvalue weighted by atomic mass is 10.1. The van der Waals surface area contributed by atoms with Gasteiger partial charge in [-0.2, -0.15) is 13.2 Å². The SMILES string of the molecule is Cc1ccc(NC(=S)Nc2ccc3[nH]c(=O)cc(C(F)(F)F)c3c2)cc1. The van der Waals surface area contributed by atoms with Crippen LogP contribution in [0.2, 0.25) is 0 Å². The molecule has 1 aromatic heterocycles. The van der Waals surface area contributed by atoms with E-state index in [2.05, 4.69) is 15.6 Å². The van der Waals surface area contributed by atoms with E-state index in [0.717, 1.165) is 11.3 Å². The number of benzene rings is 2. The van der Waals surface area contributed by atoms with Gasteiger partial charge in [-0.05, 0) is 49.5 Å². The van der Waals surface area contributed by atoms with Crippen molar-refractivity contribution in [1.82, 2.24) is 4.98 Å². The highest BCUT2D eigenvalue weighted by Gasteiger charge is 2.33. The molecule has 0 spiro atoms. The molecule has 0 radical (unpaired) electrons. The third-order valence-corrected chi connectivity index (χ3v) is 3.92. The average Bonchev–Trinajstić information content (AvgIpc) is 2.55. The number of pyridine rings is 1. The zero-order chi connectivity index (χ0) is 18.9. The molecule has 8 heteroatoms. The number of nitrogens with one attached hydrogen (secondary N) is 3. The van der Waals surface area contributed by atoms with Crippen LogP contribution >= 0.6 is 12.2 Å². The number of fused-ring (bicyclic) bond motifs is 1. The van der Waals surface area contributed by atoms with Crippen molar-refractivity contribution in [2.75, 3.05) is 10.6 Å². The van der Waals surface area contributed by atoms with Crippen LogP contribution in [0.15, 0.2) is 53.3 Å². The molecule has 0 saturated carbocycles. The highest BCUT2D eigenvalue weighted by Crippen LogP contribution is 2.34. The van der Waals surface area contributed by atoms with Crippen LogP contribution in [-0.4, -0.2) is 10.1 Å². The van der Waals surface area contributed by atoms with E-state index in [-0.39, 0.29) is 16.0 Å². The lowest BCUT2D eigenvalue weighted by Gasteiger charge is -2.13. The lowest BCUT2D eigenvalue weighted by molar-refractivity contribution is -0.136. The number of aromatic nitrogens is 1. The first kappa shape index (κ1) is 17.9. The lowest BCUT2D eigenvalue weighted by Crippen LogP contribution is -2.19. The van der Waals surface area contributed by atoms with Crippen LogP contribution in [0.1, 0.15) is 11.1 Å². The molecule has 3 N–H and O–H groups in total. The molecule has 0 aliphatic heterocycles. The Hall–Kier alpha value is -2.87. The Morgan fingerprint density at radius 3 is 2.27 bits per heavy atom. The number of hydrogen-bond donors (Lipinski definition) is 3. The molecular weight excluding hydrogens is 363 g/mol.